The summed E-state index contributed by atoms with van der Waals surface area (Å²) in [6, 6.07) is 3.71. The Morgan fingerprint density at radius 3 is 2.73 bits per heavy atom. The van der Waals surface area contributed by atoms with E-state index in [2.05, 4.69) is 15.4 Å². The van der Waals surface area contributed by atoms with Crippen LogP contribution in [0.4, 0.5) is 11.4 Å². The van der Waals surface area contributed by atoms with Crippen LogP contribution < -0.4 is 11.5 Å². The predicted octanol–water partition coefficient (Wildman–Crippen LogP) is 1.20. The number of nitrogens with two attached hydrogens (primary N) is 2. The van der Waals surface area contributed by atoms with Crippen molar-refractivity contribution in [1.82, 2.24) is 15.4 Å². The second-order valence-corrected chi connectivity index (χ2v) is 3.30. The minimum Gasteiger partial charge on any atom is -0.397 e. The van der Waals surface area contributed by atoms with Crippen LogP contribution in [-0.4, -0.2) is 15.4 Å². The summed E-state index contributed by atoms with van der Waals surface area (Å²) in [6.07, 6.45) is 2.49. The largest absolute Gasteiger partial charge is 0.397 e. The summed E-state index contributed by atoms with van der Waals surface area (Å²) in [6.45, 7) is 2.04. The highest BCUT2D eigenvalue weighted by Crippen LogP contribution is 2.30. The van der Waals surface area contributed by atoms with Crippen LogP contribution in [0.25, 0.3) is 11.3 Å². The fraction of sp³-hybridized carbons (Fsp3) is 0.200. The lowest BCUT2D eigenvalue weighted by atomic mass is 10.00. The molecule has 1 aromatic heterocycles. The van der Waals surface area contributed by atoms with Gasteiger partial charge in [0.15, 0.2) is 0 Å². The van der Waals surface area contributed by atoms with Crippen molar-refractivity contribution in [2.75, 3.05) is 11.5 Å². The van der Waals surface area contributed by atoms with Gasteiger partial charge in [0.25, 0.3) is 0 Å². The van der Waals surface area contributed by atoms with E-state index in [1.165, 1.54) is 0 Å². The first-order valence-corrected chi connectivity index (χ1v) is 4.77. The van der Waals surface area contributed by atoms with Gasteiger partial charge in [-0.15, -0.1) is 0 Å². The van der Waals surface area contributed by atoms with E-state index in [0.717, 1.165) is 23.2 Å². The minimum absolute atomic E-state index is 0.610. The molecule has 0 amide bonds. The van der Waals surface area contributed by atoms with Crippen molar-refractivity contribution in [3.8, 4) is 11.3 Å². The Morgan fingerprint density at radius 1 is 1.33 bits per heavy atom. The van der Waals surface area contributed by atoms with Crippen molar-refractivity contribution >= 4 is 11.4 Å². The molecule has 5 nitrogen and oxygen atoms in total. The molecule has 0 aliphatic carbocycles. The third-order valence-corrected chi connectivity index (χ3v) is 2.44. The third kappa shape index (κ3) is 1.52. The maximum atomic E-state index is 5.92. The summed E-state index contributed by atoms with van der Waals surface area (Å²) in [5.41, 5.74) is 15.7. The van der Waals surface area contributed by atoms with Gasteiger partial charge in [-0.3, -0.25) is 0 Å². The molecule has 0 bridgehead atoms. The van der Waals surface area contributed by atoms with Crippen LogP contribution in [0.15, 0.2) is 18.3 Å². The summed E-state index contributed by atoms with van der Waals surface area (Å²) >= 11 is 0. The molecule has 0 saturated carbocycles. The summed E-state index contributed by atoms with van der Waals surface area (Å²) in [7, 11) is 0. The van der Waals surface area contributed by atoms with Gasteiger partial charge < -0.3 is 11.5 Å². The summed E-state index contributed by atoms with van der Waals surface area (Å²) < 4.78 is 0. The first-order chi connectivity index (χ1) is 7.24. The fourth-order valence-corrected chi connectivity index (χ4v) is 1.64. The standard InChI is InChI=1S/C10H13N5/c1-2-6-7(9-5-13-15-14-9)3-4-8(11)10(6)12/h3-5H,2,11-12H2,1H3,(H,13,14,15). The summed E-state index contributed by atoms with van der Waals surface area (Å²) in [5.74, 6) is 0. The first kappa shape index (κ1) is 9.51. The van der Waals surface area contributed by atoms with E-state index < -0.39 is 0 Å². The van der Waals surface area contributed by atoms with Crippen LogP contribution in [0.1, 0.15) is 12.5 Å². The molecule has 2 rings (SSSR count). The lowest BCUT2D eigenvalue weighted by Crippen LogP contribution is -2.01. The SMILES string of the molecule is CCc1c(-c2cn[nH]n2)ccc(N)c1N. The number of aromatic amines is 1. The molecule has 2 aromatic rings. The second-order valence-electron chi connectivity index (χ2n) is 3.30. The van der Waals surface area contributed by atoms with Crippen molar-refractivity contribution in [3.05, 3.63) is 23.9 Å². The lowest BCUT2D eigenvalue weighted by molar-refractivity contribution is 0.941. The van der Waals surface area contributed by atoms with Crippen molar-refractivity contribution in [2.45, 2.75) is 13.3 Å². The highest BCUT2D eigenvalue weighted by Gasteiger charge is 2.10. The molecule has 0 fully saturated rings. The molecule has 0 atom stereocenters. The van der Waals surface area contributed by atoms with E-state index in [1.54, 1.807) is 12.3 Å². The van der Waals surface area contributed by atoms with Crippen LogP contribution in [0.3, 0.4) is 0 Å². The van der Waals surface area contributed by atoms with Crippen LogP contribution in [0.5, 0.6) is 0 Å². The lowest BCUT2D eigenvalue weighted by Gasteiger charge is -2.10. The number of nitrogen functional groups attached to an aromatic ring is 2. The van der Waals surface area contributed by atoms with Gasteiger partial charge in [-0.1, -0.05) is 13.0 Å². The van der Waals surface area contributed by atoms with Gasteiger partial charge in [-0.05, 0) is 18.1 Å². The zero-order valence-corrected chi connectivity index (χ0v) is 8.49. The minimum atomic E-state index is 0.610. The normalized spacial score (nSPS) is 10.5. The molecule has 15 heavy (non-hydrogen) atoms. The van der Waals surface area contributed by atoms with Crippen LogP contribution in [-0.2, 0) is 6.42 Å². The van der Waals surface area contributed by atoms with Crippen LogP contribution in [0, 0.1) is 0 Å². The molecule has 5 N–H and O–H groups in total. The highest BCUT2D eigenvalue weighted by molar-refractivity contribution is 5.78. The number of H-pyrrole nitrogens is 1. The number of hydrogen-bond acceptors (Lipinski definition) is 4. The Kier molecular flexibility index (Phi) is 2.29. The molecule has 5 heteroatoms. The molecular weight excluding hydrogens is 190 g/mol. The van der Waals surface area contributed by atoms with Gasteiger partial charge >= 0.3 is 0 Å². The average molecular weight is 203 g/mol. The Balaban J connectivity index is 2.62. The highest BCUT2D eigenvalue weighted by atomic mass is 15.3. The number of aromatic nitrogens is 3. The van der Waals surface area contributed by atoms with E-state index in [9.17, 15) is 0 Å². The molecule has 0 unspecified atom stereocenters. The quantitative estimate of drug-likeness (QED) is 0.639. The van der Waals surface area contributed by atoms with E-state index in [0.29, 0.717) is 11.4 Å². The van der Waals surface area contributed by atoms with E-state index in [-0.39, 0.29) is 0 Å². The molecule has 0 aliphatic heterocycles. The van der Waals surface area contributed by atoms with Gasteiger partial charge in [0.05, 0.1) is 17.6 Å². The van der Waals surface area contributed by atoms with Crippen molar-refractivity contribution in [2.24, 2.45) is 0 Å². The van der Waals surface area contributed by atoms with Crippen molar-refractivity contribution in [1.29, 1.82) is 0 Å². The number of hydrogen-bond donors (Lipinski definition) is 3. The van der Waals surface area contributed by atoms with E-state index >= 15 is 0 Å². The van der Waals surface area contributed by atoms with Gasteiger partial charge in [-0.2, -0.15) is 15.4 Å². The maximum Gasteiger partial charge on any atom is 0.113 e. The molecular formula is C10H13N5. The molecule has 0 spiro atoms. The zero-order chi connectivity index (χ0) is 10.8. The maximum absolute atomic E-state index is 5.92. The number of nitrogens with one attached hydrogen (secondary N) is 1. The van der Waals surface area contributed by atoms with Gasteiger partial charge in [0.1, 0.15) is 5.69 Å². The third-order valence-electron chi connectivity index (χ3n) is 2.44. The predicted molar refractivity (Wildman–Crippen MR) is 60.0 cm³/mol. The van der Waals surface area contributed by atoms with Crippen LogP contribution >= 0.6 is 0 Å². The van der Waals surface area contributed by atoms with Gasteiger partial charge in [0.2, 0.25) is 0 Å². The molecule has 1 aromatic carbocycles. The second kappa shape index (κ2) is 3.61. The van der Waals surface area contributed by atoms with E-state index in [4.69, 9.17) is 11.5 Å². The van der Waals surface area contributed by atoms with E-state index in [1.807, 2.05) is 13.0 Å². The Morgan fingerprint density at radius 2 is 2.13 bits per heavy atom. The van der Waals surface area contributed by atoms with Gasteiger partial charge in [-0.25, -0.2) is 0 Å². The molecule has 0 aliphatic rings. The Hall–Kier alpha value is -2.04. The summed E-state index contributed by atoms with van der Waals surface area (Å²) in [4.78, 5) is 0. The molecule has 0 saturated heterocycles. The monoisotopic (exact) mass is 203 g/mol. The number of benzene rings is 1. The van der Waals surface area contributed by atoms with Crippen molar-refractivity contribution < 1.29 is 0 Å². The topological polar surface area (TPSA) is 93.6 Å². The number of nitrogens with zero attached hydrogens (tertiary/aromatic N) is 2. The van der Waals surface area contributed by atoms with Crippen LogP contribution in [0.2, 0.25) is 0 Å². The van der Waals surface area contributed by atoms with Crippen molar-refractivity contribution in [3.63, 3.8) is 0 Å². The molecule has 78 valence electrons. The average Bonchev–Trinajstić information content (AvgIpc) is 2.75. The number of anilines is 2. The Labute approximate surface area is 87.5 Å². The Bertz CT molecular complexity index is 461. The first-order valence-electron chi connectivity index (χ1n) is 4.77. The molecule has 1 heterocycles. The molecule has 0 radical (unpaired) electrons. The number of rotatable bonds is 2. The fourth-order valence-electron chi connectivity index (χ4n) is 1.64. The zero-order valence-electron chi connectivity index (χ0n) is 8.49. The smallest absolute Gasteiger partial charge is 0.113 e. The van der Waals surface area contributed by atoms with Gasteiger partial charge in [0, 0.05) is 5.56 Å². The summed E-state index contributed by atoms with van der Waals surface area (Å²) in [5, 5.41) is 10.4.